The molecule has 0 unspecified atom stereocenters. The van der Waals surface area contributed by atoms with Crippen molar-refractivity contribution in [3.05, 3.63) is 29.8 Å². The Balaban J connectivity index is 2.65. The largest absolute Gasteiger partial charge is 0.411 e. The highest BCUT2D eigenvalue weighted by molar-refractivity contribution is 6.47. The highest BCUT2D eigenvalue weighted by Gasteiger charge is 2.17. The first kappa shape index (κ1) is 13.5. The summed E-state index contributed by atoms with van der Waals surface area (Å²) in [5, 5.41) is 1.35. The Morgan fingerprint density at radius 2 is 1.88 bits per heavy atom. The summed E-state index contributed by atoms with van der Waals surface area (Å²) in [7, 11) is 0.487. The van der Waals surface area contributed by atoms with E-state index in [1.165, 1.54) is 17.2 Å². The van der Waals surface area contributed by atoms with Gasteiger partial charge < -0.3 is 4.43 Å². The number of rotatable bonds is 5. The Kier molecular flexibility index (Phi) is 5.23. The highest BCUT2D eigenvalue weighted by atomic mass is 28.2. The Labute approximate surface area is 102 Å². The molecule has 1 aromatic rings. The predicted octanol–water partition coefficient (Wildman–Crippen LogP) is 3.05. The van der Waals surface area contributed by atoms with E-state index in [-0.39, 0.29) is 5.41 Å². The van der Waals surface area contributed by atoms with Gasteiger partial charge in [0, 0.05) is 6.61 Å². The normalized spacial score (nSPS) is 11.8. The molecule has 16 heavy (non-hydrogen) atoms. The van der Waals surface area contributed by atoms with Gasteiger partial charge in [0.1, 0.15) is 0 Å². The van der Waals surface area contributed by atoms with Gasteiger partial charge in [0.15, 0.2) is 0 Å². The van der Waals surface area contributed by atoms with Gasteiger partial charge in [-0.25, -0.2) is 0 Å². The quantitative estimate of drug-likeness (QED) is 0.562. The van der Waals surface area contributed by atoms with Gasteiger partial charge in [-0.2, -0.15) is 0 Å². The lowest BCUT2D eigenvalue weighted by atomic mass is 9.87. The van der Waals surface area contributed by atoms with E-state index in [0.717, 1.165) is 13.0 Å². The first-order chi connectivity index (χ1) is 7.55. The van der Waals surface area contributed by atoms with Crippen LogP contribution in [0.1, 0.15) is 46.1 Å². The van der Waals surface area contributed by atoms with Crippen LogP contribution in [0.4, 0.5) is 0 Å². The predicted molar refractivity (Wildman–Crippen MR) is 71.4 cm³/mol. The molecule has 1 rings (SSSR count). The molecule has 0 bridgehead atoms. The van der Waals surface area contributed by atoms with Gasteiger partial charge in [-0.15, -0.1) is 0 Å². The average molecular weight is 234 g/mol. The topological polar surface area (TPSA) is 9.23 Å². The maximum Gasteiger partial charge on any atom is 0.268 e. The molecule has 0 spiro atoms. The summed E-state index contributed by atoms with van der Waals surface area (Å²) >= 11 is 0. The van der Waals surface area contributed by atoms with Crippen molar-refractivity contribution in [1.29, 1.82) is 0 Å². The molecule has 0 amide bonds. The molecule has 0 saturated heterocycles. The van der Waals surface area contributed by atoms with E-state index in [0.29, 0.717) is 9.76 Å². The van der Waals surface area contributed by atoms with Crippen molar-refractivity contribution < 1.29 is 4.43 Å². The molecular weight excluding hydrogens is 212 g/mol. The molecule has 2 heteroatoms. The van der Waals surface area contributed by atoms with Crippen LogP contribution in [0.15, 0.2) is 24.3 Å². The molecule has 0 heterocycles. The molecule has 0 aromatic heterocycles. The average Bonchev–Trinajstić information content (AvgIpc) is 2.24. The fourth-order valence-corrected chi connectivity index (χ4v) is 2.71. The van der Waals surface area contributed by atoms with Crippen molar-refractivity contribution in [1.82, 2.24) is 0 Å². The van der Waals surface area contributed by atoms with Gasteiger partial charge in [-0.05, 0) is 22.6 Å². The maximum absolute atomic E-state index is 5.72. The Morgan fingerprint density at radius 3 is 2.50 bits per heavy atom. The smallest absolute Gasteiger partial charge is 0.268 e. The number of benzene rings is 1. The Hall–Kier alpha value is -0.603. The lowest BCUT2D eigenvalue weighted by Crippen LogP contribution is -2.29. The van der Waals surface area contributed by atoms with E-state index >= 15 is 0 Å². The van der Waals surface area contributed by atoms with Crippen molar-refractivity contribution in [3.8, 4) is 0 Å². The fraction of sp³-hybridized carbons (Fsp3) is 0.571. The zero-order valence-electron chi connectivity index (χ0n) is 10.8. The first-order valence-corrected chi connectivity index (χ1v) is 6.94. The second kappa shape index (κ2) is 6.21. The molecule has 0 aliphatic carbocycles. The minimum Gasteiger partial charge on any atom is -0.411 e. The van der Waals surface area contributed by atoms with E-state index in [9.17, 15) is 0 Å². The van der Waals surface area contributed by atoms with Crippen molar-refractivity contribution in [2.75, 3.05) is 6.61 Å². The molecule has 2 radical (unpaired) electrons. The van der Waals surface area contributed by atoms with Gasteiger partial charge in [0.05, 0.1) is 0 Å². The van der Waals surface area contributed by atoms with E-state index in [2.05, 4.69) is 52.0 Å². The van der Waals surface area contributed by atoms with E-state index in [1.807, 2.05) is 0 Å². The number of unbranched alkanes of at least 4 members (excludes halogenated alkanes) is 1. The molecule has 0 atom stereocenters. The Morgan fingerprint density at radius 1 is 1.19 bits per heavy atom. The summed E-state index contributed by atoms with van der Waals surface area (Å²) in [6.45, 7) is 9.83. The molecule has 88 valence electrons. The van der Waals surface area contributed by atoms with Crippen LogP contribution in [0, 0.1) is 0 Å². The van der Waals surface area contributed by atoms with Crippen LogP contribution < -0.4 is 5.19 Å². The SMILES string of the molecule is CCCCO[Si]c1ccccc1C(C)(C)C. The minimum atomic E-state index is 0.206. The monoisotopic (exact) mass is 234 g/mol. The highest BCUT2D eigenvalue weighted by Crippen LogP contribution is 2.19. The van der Waals surface area contributed by atoms with Crippen LogP contribution in [0.3, 0.4) is 0 Å². The first-order valence-electron chi connectivity index (χ1n) is 6.03. The molecule has 0 aliphatic heterocycles. The van der Waals surface area contributed by atoms with E-state index < -0.39 is 0 Å². The minimum absolute atomic E-state index is 0.206. The van der Waals surface area contributed by atoms with Gasteiger partial charge >= 0.3 is 0 Å². The van der Waals surface area contributed by atoms with Gasteiger partial charge in [-0.3, -0.25) is 0 Å². The summed E-state index contributed by atoms with van der Waals surface area (Å²) in [4.78, 5) is 0. The molecule has 0 fully saturated rings. The summed E-state index contributed by atoms with van der Waals surface area (Å²) in [6, 6.07) is 8.61. The summed E-state index contributed by atoms with van der Waals surface area (Å²) < 4.78 is 5.72. The summed E-state index contributed by atoms with van der Waals surface area (Å²) in [5.41, 5.74) is 1.61. The van der Waals surface area contributed by atoms with Crippen molar-refractivity contribution >= 4 is 14.9 Å². The molecule has 0 aliphatic rings. The summed E-state index contributed by atoms with van der Waals surface area (Å²) in [6.07, 6.45) is 2.36. The zero-order chi connectivity index (χ0) is 12.0. The molecule has 1 nitrogen and oxygen atoms in total. The van der Waals surface area contributed by atoms with E-state index in [1.54, 1.807) is 0 Å². The second-order valence-electron chi connectivity index (χ2n) is 5.10. The van der Waals surface area contributed by atoms with Crippen molar-refractivity contribution in [2.45, 2.75) is 46.0 Å². The molecule has 0 saturated carbocycles. The third-order valence-electron chi connectivity index (χ3n) is 2.52. The maximum atomic E-state index is 5.72. The molecule has 0 N–H and O–H groups in total. The van der Waals surface area contributed by atoms with Crippen LogP contribution in [0.2, 0.25) is 0 Å². The zero-order valence-corrected chi connectivity index (χ0v) is 11.8. The third-order valence-corrected chi connectivity index (χ3v) is 3.52. The fourth-order valence-electron chi connectivity index (χ4n) is 1.57. The Bertz CT molecular complexity index is 315. The van der Waals surface area contributed by atoms with Crippen LogP contribution >= 0.6 is 0 Å². The standard InChI is InChI=1S/C14H22OSi/c1-5-6-11-15-16-13-10-8-7-9-12(13)14(2,3)4/h7-10H,5-6,11H2,1-4H3. The van der Waals surface area contributed by atoms with Crippen LogP contribution in [0.25, 0.3) is 0 Å². The van der Waals surface area contributed by atoms with Crippen LogP contribution in [-0.4, -0.2) is 16.4 Å². The van der Waals surface area contributed by atoms with Crippen LogP contribution in [-0.2, 0) is 9.84 Å². The summed E-state index contributed by atoms with van der Waals surface area (Å²) in [5.74, 6) is 0. The van der Waals surface area contributed by atoms with Gasteiger partial charge in [0.2, 0.25) is 0 Å². The third kappa shape index (κ3) is 4.10. The van der Waals surface area contributed by atoms with Crippen LogP contribution in [0.5, 0.6) is 0 Å². The van der Waals surface area contributed by atoms with Gasteiger partial charge in [-0.1, -0.05) is 58.4 Å². The second-order valence-corrected chi connectivity index (χ2v) is 6.13. The number of hydrogen-bond donors (Lipinski definition) is 0. The molecular formula is C14H22OSi. The van der Waals surface area contributed by atoms with Crippen molar-refractivity contribution in [3.63, 3.8) is 0 Å². The van der Waals surface area contributed by atoms with Crippen molar-refractivity contribution in [2.24, 2.45) is 0 Å². The lowest BCUT2D eigenvalue weighted by molar-refractivity contribution is 0.331. The molecule has 1 aromatic carbocycles. The lowest BCUT2D eigenvalue weighted by Gasteiger charge is -2.22. The number of hydrogen-bond acceptors (Lipinski definition) is 1. The van der Waals surface area contributed by atoms with E-state index in [4.69, 9.17) is 4.43 Å². The van der Waals surface area contributed by atoms with Gasteiger partial charge in [0.25, 0.3) is 9.76 Å².